The molecule has 8 heteroatoms. The molecule has 0 bridgehead atoms. The van der Waals surface area contributed by atoms with Crippen molar-refractivity contribution in [3.8, 4) is 0 Å². The number of anilines is 1. The molecule has 3 rings (SSSR count). The largest absolute Gasteiger partial charge is 0.386 e. The third-order valence-electron chi connectivity index (χ3n) is 4.03. The Morgan fingerprint density at radius 3 is 3.08 bits per heavy atom. The van der Waals surface area contributed by atoms with Gasteiger partial charge >= 0.3 is 6.03 Å². The maximum Gasteiger partial charge on any atom is 0.319 e. The molecule has 7 nitrogen and oxygen atoms in total. The van der Waals surface area contributed by atoms with Gasteiger partial charge in [-0.3, -0.25) is 4.68 Å². The van der Waals surface area contributed by atoms with E-state index >= 15 is 0 Å². The third kappa shape index (κ3) is 4.77. The summed E-state index contributed by atoms with van der Waals surface area (Å²) in [5, 5.41) is 19.3. The van der Waals surface area contributed by atoms with Crippen LogP contribution in [0, 0.1) is 5.82 Å². The number of urea groups is 1. The van der Waals surface area contributed by atoms with Gasteiger partial charge in [-0.1, -0.05) is 18.2 Å². The highest BCUT2D eigenvalue weighted by Crippen LogP contribution is 2.16. The van der Waals surface area contributed by atoms with Gasteiger partial charge in [0.05, 0.1) is 30.6 Å². The van der Waals surface area contributed by atoms with Crippen LogP contribution in [-0.4, -0.2) is 40.2 Å². The van der Waals surface area contributed by atoms with E-state index in [0.717, 1.165) is 19.4 Å². The van der Waals surface area contributed by atoms with Gasteiger partial charge in [0, 0.05) is 24.9 Å². The van der Waals surface area contributed by atoms with Crippen LogP contribution in [0.15, 0.2) is 36.7 Å². The lowest BCUT2D eigenvalue weighted by molar-refractivity contribution is 0.0940. The quantitative estimate of drug-likeness (QED) is 0.745. The van der Waals surface area contributed by atoms with E-state index < -0.39 is 18.0 Å². The zero-order chi connectivity index (χ0) is 17.6. The molecule has 2 unspecified atom stereocenters. The molecule has 0 spiro atoms. The Morgan fingerprint density at radius 2 is 2.32 bits per heavy atom. The van der Waals surface area contributed by atoms with Gasteiger partial charge in [0.25, 0.3) is 0 Å². The zero-order valence-corrected chi connectivity index (χ0v) is 13.7. The molecular weight excluding hydrogens is 327 g/mol. The topological polar surface area (TPSA) is 88.4 Å². The molecule has 1 aromatic carbocycles. The summed E-state index contributed by atoms with van der Waals surface area (Å²) in [7, 11) is 0. The minimum Gasteiger partial charge on any atom is -0.386 e. The predicted molar refractivity (Wildman–Crippen MR) is 89.6 cm³/mol. The molecule has 25 heavy (non-hydrogen) atoms. The molecule has 0 saturated carbocycles. The van der Waals surface area contributed by atoms with Gasteiger partial charge in [0.2, 0.25) is 0 Å². The molecule has 1 aliphatic heterocycles. The summed E-state index contributed by atoms with van der Waals surface area (Å²) in [4.78, 5) is 11.9. The summed E-state index contributed by atoms with van der Waals surface area (Å²) in [5.41, 5.74) is 0.683. The summed E-state index contributed by atoms with van der Waals surface area (Å²) < 4.78 is 20.8. The van der Waals surface area contributed by atoms with Crippen molar-refractivity contribution in [3.05, 3.63) is 48.0 Å². The lowest BCUT2D eigenvalue weighted by Gasteiger charge is -2.13. The fraction of sp³-hybridized carbons (Fsp3) is 0.412. The van der Waals surface area contributed by atoms with Crippen molar-refractivity contribution in [1.82, 2.24) is 15.1 Å². The van der Waals surface area contributed by atoms with Crippen LogP contribution in [0.2, 0.25) is 0 Å². The summed E-state index contributed by atoms with van der Waals surface area (Å²) >= 11 is 0. The summed E-state index contributed by atoms with van der Waals surface area (Å²) in [5.74, 6) is -0.507. The fourth-order valence-electron chi connectivity index (χ4n) is 2.74. The van der Waals surface area contributed by atoms with Crippen molar-refractivity contribution in [2.24, 2.45) is 0 Å². The van der Waals surface area contributed by atoms with E-state index in [0.29, 0.717) is 12.2 Å². The molecule has 1 saturated heterocycles. The lowest BCUT2D eigenvalue weighted by atomic mass is 10.1. The number of rotatable bonds is 6. The second kappa shape index (κ2) is 8.09. The average molecular weight is 348 g/mol. The first-order chi connectivity index (χ1) is 12.1. The summed E-state index contributed by atoms with van der Waals surface area (Å²) in [6.07, 6.45) is 4.38. The van der Waals surface area contributed by atoms with Gasteiger partial charge in [0.1, 0.15) is 5.82 Å². The number of nitrogens with zero attached hydrogens (tertiary/aromatic N) is 2. The summed E-state index contributed by atoms with van der Waals surface area (Å²) in [6, 6.07) is 5.42. The van der Waals surface area contributed by atoms with Crippen LogP contribution in [0.4, 0.5) is 14.9 Å². The van der Waals surface area contributed by atoms with Gasteiger partial charge in [-0.25, -0.2) is 9.18 Å². The van der Waals surface area contributed by atoms with Crippen LogP contribution >= 0.6 is 0 Å². The molecule has 2 atom stereocenters. The highest BCUT2D eigenvalue weighted by molar-refractivity contribution is 5.88. The highest BCUT2D eigenvalue weighted by atomic mass is 19.1. The number of carbonyl (C=O) groups is 1. The van der Waals surface area contributed by atoms with Gasteiger partial charge in [-0.15, -0.1) is 0 Å². The molecule has 2 aromatic rings. The number of hydrogen-bond donors (Lipinski definition) is 3. The van der Waals surface area contributed by atoms with Crippen LogP contribution in [0.3, 0.4) is 0 Å². The fourth-order valence-corrected chi connectivity index (χ4v) is 2.74. The molecule has 2 amide bonds. The van der Waals surface area contributed by atoms with Crippen LogP contribution in [-0.2, 0) is 11.3 Å². The number of aliphatic hydroxyl groups excluding tert-OH is 1. The van der Waals surface area contributed by atoms with E-state index in [1.54, 1.807) is 29.2 Å². The third-order valence-corrected chi connectivity index (χ3v) is 4.03. The summed E-state index contributed by atoms with van der Waals surface area (Å²) in [6.45, 7) is 1.33. The first-order valence-corrected chi connectivity index (χ1v) is 8.23. The SMILES string of the molecule is O=C(NCC(O)c1ccccc1F)Nc1cnn(CC2CCCO2)c1. The predicted octanol–water partition coefficient (Wildman–Crippen LogP) is 2.06. The van der Waals surface area contributed by atoms with Gasteiger partial charge < -0.3 is 20.5 Å². The molecular formula is C17H21FN4O3. The number of ether oxygens (including phenoxy) is 1. The Kier molecular flexibility index (Phi) is 5.62. The van der Waals surface area contributed by atoms with Crippen molar-refractivity contribution in [2.45, 2.75) is 31.6 Å². The van der Waals surface area contributed by atoms with Crippen LogP contribution in [0.1, 0.15) is 24.5 Å². The number of aromatic nitrogens is 2. The van der Waals surface area contributed by atoms with Crippen molar-refractivity contribution >= 4 is 11.7 Å². The van der Waals surface area contributed by atoms with Crippen molar-refractivity contribution in [1.29, 1.82) is 0 Å². The van der Waals surface area contributed by atoms with E-state index in [9.17, 15) is 14.3 Å². The Labute approximate surface area is 144 Å². The Hall–Kier alpha value is -2.45. The van der Waals surface area contributed by atoms with E-state index in [4.69, 9.17) is 4.74 Å². The number of carbonyl (C=O) groups excluding carboxylic acids is 1. The van der Waals surface area contributed by atoms with Crippen LogP contribution < -0.4 is 10.6 Å². The first kappa shape index (κ1) is 17.4. The maximum atomic E-state index is 13.6. The minimum atomic E-state index is -1.12. The second-order valence-corrected chi connectivity index (χ2v) is 5.96. The van der Waals surface area contributed by atoms with Crippen molar-refractivity contribution < 1.29 is 19.0 Å². The molecule has 0 aliphatic carbocycles. The highest BCUT2D eigenvalue weighted by Gasteiger charge is 2.17. The van der Waals surface area contributed by atoms with E-state index in [1.165, 1.54) is 12.1 Å². The molecule has 2 heterocycles. The number of halogens is 1. The van der Waals surface area contributed by atoms with Gasteiger partial charge in [0.15, 0.2) is 0 Å². The minimum absolute atomic E-state index is 0.100. The number of amides is 2. The van der Waals surface area contributed by atoms with Crippen molar-refractivity contribution in [2.75, 3.05) is 18.5 Å². The molecule has 1 aliphatic rings. The zero-order valence-electron chi connectivity index (χ0n) is 13.7. The Morgan fingerprint density at radius 1 is 1.48 bits per heavy atom. The number of hydrogen-bond acceptors (Lipinski definition) is 4. The van der Waals surface area contributed by atoms with Crippen LogP contribution in [0.5, 0.6) is 0 Å². The molecule has 134 valence electrons. The first-order valence-electron chi connectivity index (χ1n) is 8.23. The normalized spacial score (nSPS) is 18.1. The number of benzene rings is 1. The average Bonchev–Trinajstić information content (AvgIpc) is 3.26. The monoisotopic (exact) mass is 348 g/mol. The number of nitrogens with one attached hydrogen (secondary N) is 2. The van der Waals surface area contributed by atoms with Gasteiger partial charge in [-0.2, -0.15) is 5.10 Å². The van der Waals surface area contributed by atoms with E-state index in [-0.39, 0.29) is 18.2 Å². The Bertz CT molecular complexity index is 715. The van der Waals surface area contributed by atoms with Crippen molar-refractivity contribution in [3.63, 3.8) is 0 Å². The Balaban J connectivity index is 1.46. The smallest absolute Gasteiger partial charge is 0.319 e. The van der Waals surface area contributed by atoms with Crippen LogP contribution in [0.25, 0.3) is 0 Å². The molecule has 3 N–H and O–H groups in total. The molecule has 0 radical (unpaired) electrons. The van der Waals surface area contributed by atoms with E-state index in [1.807, 2.05) is 0 Å². The van der Waals surface area contributed by atoms with E-state index in [2.05, 4.69) is 15.7 Å². The molecule has 1 fully saturated rings. The molecule has 1 aromatic heterocycles. The maximum absolute atomic E-state index is 13.6. The number of aliphatic hydroxyl groups is 1. The standard InChI is InChI=1S/C17H21FN4O3/c18-15-6-2-1-5-14(15)16(23)9-19-17(24)21-12-8-20-22(10-12)11-13-4-3-7-25-13/h1-2,5-6,8,10,13,16,23H,3-4,7,9,11H2,(H2,19,21,24). The lowest BCUT2D eigenvalue weighted by Crippen LogP contribution is -2.32. The second-order valence-electron chi connectivity index (χ2n) is 5.96. The van der Waals surface area contributed by atoms with Gasteiger partial charge in [-0.05, 0) is 18.9 Å².